The summed E-state index contributed by atoms with van der Waals surface area (Å²) in [5.41, 5.74) is 8.76. The molecule has 0 radical (unpaired) electrons. The van der Waals surface area contributed by atoms with Crippen LogP contribution in [0.4, 0.5) is 0 Å². The number of nitrogens with two attached hydrogens (primary N) is 1. The van der Waals surface area contributed by atoms with Crippen molar-refractivity contribution in [1.82, 2.24) is 4.90 Å². The molecule has 1 aliphatic heterocycles. The molecule has 0 bridgehead atoms. The quantitative estimate of drug-likeness (QED) is 0.832. The van der Waals surface area contributed by atoms with Gasteiger partial charge < -0.3 is 5.73 Å². The first kappa shape index (κ1) is 10.3. The lowest BCUT2D eigenvalue weighted by atomic mass is 10.00. The SMILES string of the molecule is NC[C@H]1C[C@@H]1CN1CCc2ccccc2C1. The Labute approximate surface area is 97.4 Å². The Kier molecular flexibility index (Phi) is 2.70. The van der Waals surface area contributed by atoms with Crippen LogP contribution in [-0.2, 0) is 13.0 Å². The highest BCUT2D eigenvalue weighted by Crippen LogP contribution is 2.38. The summed E-state index contributed by atoms with van der Waals surface area (Å²) < 4.78 is 0. The van der Waals surface area contributed by atoms with E-state index >= 15 is 0 Å². The zero-order chi connectivity index (χ0) is 11.0. The highest BCUT2D eigenvalue weighted by atomic mass is 15.1. The van der Waals surface area contributed by atoms with Crippen LogP contribution in [0.15, 0.2) is 24.3 Å². The molecular formula is C14H20N2. The molecule has 16 heavy (non-hydrogen) atoms. The molecule has 1 aromatic rings. The average Bonchev–Trinajstić information content (AvgIpc) is 3.07. The van der Waals surface area contributed by atoms with E-state index < -0.39 is 0 Å². The van der Waals surface area contributed by atoms with Crippen LogP contribution in [0.25, 0.3) is 0 Å². The highest BCUT2D eigenvalue weighted by molar-refractivity contribution is 5.29. The zero-order valence-electron chi connectivity index (χ0n) is 9.73. The van der Waals surface area contributed by atoms with E-state index in [2.05, 4.69) is 29.2 Å². The molecule has 86 valence electrons. The Hall–Kier alpha value is -0.860. The van der Waals surface area contributed by atoms with E-state index in [0.717, 1.165) is 24.9 Å². The van der Waals surface area contributed by atoms with Crippen LogP contribution in [0.2, 0.25) is 0 Å². The van der Waals surface area contributed by atoms with Gasteiger partial charge in [0.1, 0.15) is 0 Å². The Morgan fingerprint density at radius 2 is 2.00 bits per heavy atom. The summed E-state index contributed by atoms with van der Waals surface area (Å²) in [5, 5.41) is 0. The van der Waals surface area contributed by atoms with Gasteiger partial charge in [-0.25, -0.2) is 0 Å². The first-order chi connectivity index (χ1) is 7.86. The van der Waals surface area contributed by atoms with E-state index in [4.69, 9.17) is 5.73 Å². The number of fused-ring (bicyclic) bond motifs is 1. The second-order valence-electron chi connectivity index (χ2n) is 5.25. The van der Waals surface area contributed by atoms with Crippen LogP contribution in [-0.4, -0.2) is 24.5 Å². The van der Waals surface area contributed by atoms with Gasteiger partial charge in [-0.1, -0.05) is 24.3 Å². The summed E-state index contributed by atoms with van der Waals surface area (Å²) in [4.78, 5) is 2.60. The molecule has 1 fully saturated rings. The Balaban J connectivity index is 1.61. The van der Waals surface area contributed by atoms with Gasteiger partial charge in [-0.3, -0.25) is 4.90 Å². The normalized spacial score (nSPS) is 28.8. The summed E-state index contributed by atoms with van der Waals surface area (Å²) >= 11 is 0. The first-order valence-electron chi connectivity index (χ1n) is 6.36. The van der Waals surface area contributed by atoms with Crippen LogP contribution < -0.4 is 5.73 Å². The molecule has 0 unspecified atom stereocenters. The first-order valence-corrected chi connectivity index (χ1v) is 6.36. The highest BCUT2D eigenvalue weighted by Gasteiger charge is 2.37. The van der Waals surface area contributed by atoms with Gasteiger partial charge in [0.25, 0.3) is 0 Å². The number of hydrogen-bond donors (Lipinski definition) is 1. The molecule has 1 aliphatic carbocycles. The van der Waals surface area contributed by atoms with Crippen molar-refractivity contribution in [3.63, 3.8) is 0 Å². The molecule has 0 aromatic heterocycles. The minimum absolute atomic E-state index is 0.817. The molecule has 2 N–H and O–H groups in total. The molecule has 1 aromatic carbocycles. The van der Waals surface area contributed by atoms with Gasteiger partial charge in [0, 0.05) is 19.6 Å². The predicted octanol–water partition coefficient (Wildman–Crippen LogP) is 1.64. The summed E-state index contributed by atoms with van der Waals surface area (Å²) in [6.45, 7) is 4.51. The van der Waals surface area contributed by atoms with Gasteiger partial charge in [-0.2, -0.15) is 0 Å². The van der Waals surface area contributed by atoms with Crippen LogP contribution in [0.1, 0.15) is 17.5 Å². The monoisotopic (exact) mass is 216 g/mol. The Morgan fingerprint density at radius 1 is 1.19 bits per heavy atom. The Bertz CT molecular complexity index is 375. The maximum atomic E-state index is 5.69. The number of rotatable bonds is 3. The molecule has 1 heterocycles. The molecule has 2 aliphatic rings. The van der Waals surface area contributed by atoms with Gasteiger partial charge in [-0.15, -0.1) is 0 Å². The van der Waals surface area contributed by atoms with E-state index in [-0.39, 0.29) is 0 Å². The fourth-order valence-electron chi connectivity index (χ4n) is 2.86. The zero-order valence-corrected chi connectivity index (χ0v) is 9.73. The summed E-state index contributed by atoms with van der Waals surface area (Å²) in [6, 6.07) is 8.85. The maximum absolute atomic E-state index is 5.69. The number of nitrogens with zero attached hydrogens (tertiary/aromatic N) is 1. The topological polar surface area (TPSA) is 29.3 Å². The summed E-state index contributed by atoms with van der Waals surface area (Å²) in [5.74, 6) is 1.70. The number of benzene rings is 1. The van der Waals surface area contributed by atoms with Crippen molar-refractivity contribution in [2.24, 2.45) is 17.6 Å². The van der Waals surface area contributed by atoms with E-state index in [9.17, 15) is 0 Å². The van der Waals surface area contributed by atoms with E-state index in [1.165, 1.54) is 31.5 Å². The van der Waals surface area contributed by atoms with Crippen LogP contribution in [0, 0.1) is 11.8 Å². The van der Waals surface area contributed by atoms with E-state index in [1.807, 2.05) is 0 Å². The molecule has 3 rings (SSSR count). The van der Waals surface area contributed by atoms with Crippen LogP contribution >= 0.6 is 0 Å². The van der Waals surface area contributed by atoms with Gasteiger partial charge in [0.2, 0.25) is 0 Å². The third-order valence-corrected chi connectivity index (χ3v) is 4.07. The summed E-state index contributed by atoms with van der Waals surface area (Å²) in [6.07, 6.45) is 2.57. The van der Waals surface area contributed by atoms with Crippen molar-refractivity contribution in [2.75, 3.05) is 19.6 Å². The van der Waals surface area contributed by atoms with E-state index in [0.29, 0.717) is 0 Å². The van der Waals surface area contributed by atoms with Crippen molar-refractivity contribution in [2.45, 2.75) is 19.4 Å². The average molecular weight is 216 g/mol. The maximum Gasteiger partial charge on any atom is 0.0236 e. The van der Waals surface area contributed by atoms with Gasteiger partial charge in [0.05, 0.1) is 0 Å². The van der Waals surface area contributed by atoms with Crippen molar-refractivity contribution in [3.05, 3.63) is 35.4 Å². The lowest BCUT2D eigenvalue weighted by Crippen LogP contribution is -2.32. The molecule has 2 heteroatoms. The molecule has 0 saturated heterocycles. The predicted molar refractivity (Wildman–Crippen MR) is 66.1 cm³/mol. The van der Waals surface area contributed by atoms with Crippen LogP contribution in [0.3, 0.4) is 0 Å². The fraction of sp³-hybridized carbons (Fsp3) is 0.571. The van der Waals surface area contributed by atoms with Gasteiger partial charge >= 0.3 is 0 Å². The number of hydrogen-bond acceptors (Lipinski definition) is 2. The summed E-state index contributed by atoms with van der Waals surface area (Å²) in [7, 11) is 0. The Morgan fingerprint density at radius 3 is 2.75 bits per heavy atom. The molecule has 1 saturated carbocycles. The van der Waals surface area contributed by atoms with Crippen molar-refractivity contribution in [1.29, 1.82) is 0 Å². The fourth-order valence-corrected chi connectivity index (χ4v) is 2.86. The second-order valence-corrected chi connectivity index (χ2v) is 5.25. The minimum Gasteiger partial charge on any atom is -0.330 e. The molecule has 2 atom stereocenters. The largest absolute Gasteiger partial charge is 0.330 e. The standard InChI is InChI=1S/C14H20N2/c15-8-13-7-14(13)10-16-6-5-11-3-1-2-4-12(11)9-16/h1-4,13-14H,5-10,15H2/t13-,14-/m1/s1. The molecule has 0 amide bonds. The van der Waals surface area contributed by atoms with Crippen molar-refractivity contribution >= 4 is 0 Å². The third kappa shape index (κ3) is 2.00. The van der Waals surface area contributed by atoms with Crippen LogP contribution in [0.5, 0.6) is 0 Å². The second kappa shape index (κ2) is 4.19. The third-order valence-electron chi connectivity index (χ3n) is 4.07. The smallest absolute Gasteiger partial charge is 0.0236 e. The molecule has 2 nitrogen and oxygen atoms in total. The van der Waals surface area contributed by atoms with Crippen molar-refractivity contribution in [3.8, 4) is 0 Å². The van der Waals surface area contributed by atoms with E-state index in [1.54, 1.807) is 5.56 Å². The van der Waals surface area contributed by atoms with Crippen molar-refractivity contribution < 1.29 is 0 Å². The molecule has 0 spiro atoms. The van der Waals surface area contributed by atoms with Gasteiger partial charge in [0.15, 0.2) is 0 Å². The minimum atomic E-state index is 0.817. The lowest BCUT2D eigenvalue weighted by molar-refractivity contribution is 0.239. The molecular weight excluding hydrogens is 196 g/mol. The lowest BCUT2D eigenvalue weighted by Gasteiger charge is -2.28. The van der Waals surface area contributed by atoms with Gasteiger partial charge in [-0.05, 0) is 42.3 Å².